The van der Waals surface area contributed by atoms with Gasteiger partial charge in [-0.2, -0.15) is 0 Å². The monoisotopic (exact) mass is 422 g/mol. The summed E-state index contributed by atoms with van der Waals surface area (Å²) < 4.78 is 5.45. The number of hydrogen-bond donors (Lipinski definition) is 0. The Kier molecular flexibility index (Phi) is 4.42. The molecule has 5 rings (SSSR count). The Hall–Kier alpha value is -1.64. The first-order chi connectivity index (χ1) is 14.4. The Morgan fingerprint density at radius 2 is 1.06 bits per heavy atom. The molecule has 1 aromatic heterocycles. The number of rotatable bonds is 0. The average molecular weight is 423 g/mol. The first kappa shape index (κ1) is 21.2. The van der Waals surface area contributed by atoms with Gasteiger partial charge >= 0.3 is 11.3 Å². The fraction of sp³-hybridized carbons (Fsp3) is 0.714. The summed E-state index contributed by atoms with van der Waals surface area (Å²) in [6.45, 7) is 14.3. The Morgan fingerprint density at radius 1 is 0.677 bits per heavy atom. The van der Waals surface area contributed by atoms with Crippen LogP contribution in [0.3, 0.4) is 0 Å². The van der Waals surface area contributed by atoms with Crippen molar-refractivity contribution < 1.29 is 4.42 Å². The summed E-state index contributed by atoms with van der Waals surface area (Å²) in [4.78, 5) is 26.4. The molecule has 0 saturated heterocycles. The Morgan fingerprint density at radius 3 is 1.45 bits per heavy atom. The first-order valence-electron chi connectivity index (χ1n) is 12.3. The number of hydrogen-bond acceptors (Lipinski definition) is 3. The van der Waals surface area contributed by atoms with Crippen LogP contribution in [0, 0.1) is 22.7 Å². The molecule has 4 aliphatic rings. The summed E-state index contributed by atoms with van der Waals surface area (Å²) in [6, 6.07) is 0. The van der Waals surface area contributed by atoms with Gasteiger partial charge in [0.05, 0.1) is 10.4 Å². The van der Waals surface area contributed by atoms with Crippen LogP contribution in [0.15, 0.2) is 14.0 Å². The molecule has 3 heteroatoms. The van der Waals surface area contributed by atoms with Gasteiger partial charge < -0.3 is 4.42 Å². The van der Waals surface area contributed by atoms with E-state index in [2.05, 4.69) is 53.7 Å². The van der Waals surface area contributed by atoms with E-state index in [0.717, 1.165) is 38.5 Å². The molecular weight excluding hydrogens is 384 g/mol. The summed E-state index contributed by atoms with van der Waals surface area (Å²) in [5.74, 6) is 0.950. The smallest absolute Gasteiger partial charge is 0.346 e. The second-order valence-corrected chi connectivity index (χ2v) is 12.8. The van der Waals surface area contributed by atoms with Crippen LogP contribution < -0.4 is 21.7 Å². The summed E-state index contributed by atoms with van der Waals surface area (Å²) >= 11 is 0. The zero-order valence-electron chi connectivity index (χ0n) is 20.2. The van der Waals surface area contributed by atoms with Gasteiger partial charge in [-0.05, 0) is 83.1 Å². The van der Waals surface area contributed by atoms with E-state index >= 15 is 0 Å². The van der Waals surface area contributed by atoms with Crippen LogP contribution in [-0.4, -0.2) is 0 Å². The molecular formula is C28H38O3. The highest BCUT2D eigenvalue weighted by Gasteiger charge is 2.55. The first-order valence-corrected chi connectivity index (χ1v) is 12.3. The Labute approximate surface area is 185 Å². The molecule has 3 nitrogen and oxygen atoms in total. The highest BCUT2D eigenvalue weighted by atomic mass is 16.4. The molecule has 2 saturated carbocycles. The van der Waals surface area contributed by atoms with E-state index in [4.69, 9.17) is 4.42 Å². The van der Waals surface area contributed by atoms with Gasteiger partial charge in [0, 0.05) is 0 Å². The van der Waals surface area contributed by atoms with Crippen LogP contribution in [-0.2, 0) is 10.8 Å². The van der Waals surface area contributed by atoms with Crippen molar-refractivity contribution in [2.75, 3.05) is 0 Å². The van der Waals surface area contributed by atoms with E-state index in [0.29, 0.717) is 22.3 Å². The van der Waals surface area contributed by atoms with E-state index in [-0.39, 0.29) is 21.7 Å². The highest BCUT2D eigenvalue weighted by Crippen LogP contribution is 2.59. The summed E-state index contributed by atoms with van der Waals surface area (Å²) in [5, 5.41) is 1.38. The predicted octanol–water partition coefficient (Wildman–Crippen LogP) is 4.54. The zero-order valence-corrected chi connectivity index (χ0v) is 20.2. The molecule has 0 N–H and O–H groups in total. The molecule has 0 bridgehead atoms. The van der Waals surface area contributed by atoms with Crippen molar-refractivity contribution in [1.82, 2.24) is 0 Å². The van der Waals surface area contributed by atoms with Gasteiger partial charge in [0.15, 0.2) is 0 Å². The number of fused-ring (bicyclic) bond motifs is 7. The lowest BCUT2D eigenvalue weighted by molar-refractivity contribution is 0.0414. The Bertz CT molecular complexity index is 1090. The largest absolute Gasteiger partial charge is 0.386 e. The summed E-state index contributed by atoms with van der Waals surface area (Å²) in [7, 11) is 0. The molecule has 31 heavy (non-hydrogen) atoms. The molecule has 0 aliphatic heterocycles. The third kappa shape index (κ3) is 2.77. The maximum absolute atomic E-state index is 13.2. The van der Waals surface area contributed by atoms with Gasteiger partial charge in [0.2, 0.25) is 0 Å². The van der Waals surface area contributed by atoms with Gasteiger partial charge in [-0.15, -0.1) is 0 Å². The molecule has 4 aliphatic carbocycles. The van der Waals surface area contributed by atoms with E-state index < -0.39 is 11.3 Å². The lowest BCUT2D eigenvalue weighted by Gasteiger charge is -2.57. The van der Waals surface area contributed by atoms with Crippen molar-refractivity contribution in [3.8, 4) is 0 Å². The van der Waals surface area contributed by atoms with E-state index in [1.54, 1.807) is 0 Å². The standard InChI is InChI=1S/C28H38O3/c1-25(2)13-7-15-27(5)19(25)11-9-17-21(27)22-18(24(30)31-23(17)29)10-12-20-26(3,4)14-8-16-28(20,22)6/h9-10,19-20H,7-8,11-16H2,1-6H3. The molecule has 0 aromatic carbocycles. The minimum atomic E-state index is -0.430. The molecule has 168 valence electrons. The summed E-state index contributed by atoms with van der Waals surface area (Å²) in [6.07, 6.45) is 12.9. The van der Waals surface area contributed by atoms with Crippen LogP contribution in [0.5, 0.6) is 0 Å². The van der Waals surface area contributed by atoms with E-state index in [9.17, 15) is 9.59 Å². The lowest BCUT2D eigenvalue weighted by atomic mass is 9.47. The maximum atomic E-state index is 13.2. The fourth-order valence-corrected chi connectivity index (χ4v) is 8.70. The summed E-state index contributed by atoms with van der Waals surface area (Å²) in [5.41, 5.74) is 1.71. The molecule has 0 spiro atoms. The van der Waals surface area contributed by atoms with Crippen molar-refractivity contribution in [2.45, 2.75) is 104 Å². The second-order valence-electron chi connectivity index (χ2n) is 12.8. The normalized spacial score (nSPS) is 37.2. The quantitative estimate of drug-likeness (QED) is 0.617. The lowest BCUT2D eigenvalue weighted by Crippen LogP contribution is -2.56. The maximum Gasteiger partial charge on any atom is 0.346 e. The zero-order chi connectivity index (χ0) is 22.4. The van der Waals surface area contributed by atoms with Gasteiger partial charge in [-0.3, -0.25) is 0 Å². The topological polar surface area (TPSA) is 47.3 Å². The van der Waals surface area contributed by atoms with E-state index in [1.165, 1.54) is 24.0 Å². The molecule has 4 unspecified atom stereocenters. The third-order valence-electron chi connectivity index (χ3n) is 10.1. The van der Waals surface area contributed by atoms with Crippen LogP contribution in [0.4, 0.5) is 0 Å². The predicted molar refractivity (Wildman–Crippen MR) is 126 cm³/mol. The van der Waals surface area contributed by atoms with Crippen molar-refractivity contribution >= 4 is 12.2 Å². The second kappa shape index (κ2) is 6.45. The van der Waals surface area contributed by atoms with Gasteiger partial charge in [-0.25, -0.2) is 9.59 Å². The van der Waals surface area contributed by atoms with E-state index in [1.807, 2.05) is 0 Å². The average Bonchev–Trinajstić information content (AvgIpc) is 2.76. The fourth-order valence-electron chi connectivity index (χ4n) is 8.70. The molecule has 1 aromatic rings. The van der Waals surface area contributed by atoms with Crippen LogP contribution >= 0.6 is 0 Å². The molecule has 0 amide bonds. The molecule has 4 atom stereocenters. The molecule has 0 radical (unpaired) electrons. The minimum absolute atomic E-state index is 0.101. The SMILES string of the molecule is CC1(C)CCCC2(C)c3c4c(c(=O)oc(=O)c3=CCC12)=CCC1C(C)(C)CCCC41C. The van der Waals surface area contributed by atoms with Gasteiger partial charge in [0.25, 0.3) is 0 Å². The molecule has 2 fully saturated rings. The van der Waals surface area contributed by atoms with Crippen LogP contribution in [0.1, 0.15) is 104 Å². The van der Waals surface area contributed by atoms with Gasteiger partial charge in [0.1, 0.15) is 0 Å². The van der Waals surface area contributed by atoms with Crippen LogP contribution in [0.2, 0.25) is 0 Å². The van der Waals surface area contributed by atoms with Crippen molar-refractivity contribution in [1.29, 1.82) is 0 Å². The minimum Gasteiger partial charge on any atom is -0.386 e. The van der Waals surface area contributed by atoms with Crippen molar-refractivity contribution in [3.05, 3.63) is 42.4 Å². The Balaban J connectivity index is 1.95. The van der Waals surface area contributed by atoms with Crippen LogP contribution in [0.25, 0.3) is 12.2 Å². The molecule has 1 heterocycles. The highest BCUT2D eigenvalue weighted by molar-refractivity contribution is 5.51. The van der Waals surface area contributed by atoms with Crippen molar-refractivity contribution in [3.63, 3.8) is 0 Å². The third-order valence-corrected chi connectivity index (χ3v) is 10.1. The van der Waals surface area contributed by atoms with Gasteiger partial charge in [-0.1, -0.05) is 66.5 Å². The van der Waals surface area contributed by atoms with Crippen molar-refractivity contribution in [2.24, 2.45) is 22.7 Å².